The summed E-state index contributed by atoms with van der Waals surface area (Å²) in [6, 6.07) is 19.1. The van der Waals surface area contributed by atoms with Gasteiger partial charge in [0.05, 0.1) is 17.7 Å². The third-order valence-electron chi connectivity index (χ3n) is 3.91. The quantitative estimate of drug-likeness (QED) is 0.479. The van der Waals surface area contributed by atoms with Crippen molar-refractivity contribution in [3.8, 4) is 0 Å². The van der Waals surface area contributed by atoms with Gasteiger partial charge in [0.1, 0.15) is 11.5 Å². The van der Waals surface area contributed by atoms with E-state index in [-0.39, 0.29) is 5.91 Å². The normalized spacial score (nSPS) is 11.0. The third-order valence-corrected chi connectivity index (χ3v) is 5.28. The van der Waals surface area contributed by atoms with Crippen LogP contribution in [0, 0.1) is 0 Å². The first-order chi connectivity index (χ1) is 12.7. The number of halogens is 1. The highest BCUT2D eigenvalue weighted by Gasteiger charge is 2.19. The van der Waals surface area contributed by atoms with Gasteiger partial charge >= 0.3 is 0 Å². The molecular formula is C20H15ClN2O2S. The molecule has 4 nitrogen and oxygen atoms in total. The Kier molecular flexibility index (Phi) is 4.73. The summed E-state index contributed by atoms with van der Waals surface area (Å²) in [5.41, 5.74) is 1.39. The van der Waals surface area contributed by atoms with E-state index >= 15 is 0 Å². The smallest absolute Gasteiger partial charge is 0.269 e. The van der Waals surface area contributed by atoms with Gasteiger partial charge in [-0.2, -0.15) is 0 Å². The highest BCUT2D eigenvalue weighted by atomic mass is 35.5. The predicted molar refractivity (Wildman–Crippen MR) is 104 cm³/mol. The lowest BCUT2D eigenvalue weighted by Gasteiger charge is -2.06. The first-order valence-electron chi connectivity index (χ1n) is 8.05. The van der Waals surface area contributed by atoms with Crippen molar-refractivity contribution < 1.29 is 9.21 Å². The summed E-state index contributed by atoms with van der Waals surface area (Å²) >= 11 is 7.71. The lowest BCUT2D eigenvalue weighted by molar-refractivity contribution is 0.0941. The maximum atomic E-state index is 12.8. The van der Waals surface area contributed by atoms with Gasteiger partial charge in [-0.25, -0.2) is 0 Å². The monoisotopic (exact) mass is 382 g/mol. The van der Waals surface area contributed by atoms with Gasteiger partial charge in [0.25, 0.3) is 5.91 Å². The van der Waals surface area contributed by atoms with E-state index < -0.39 is 0 Å². The molecule has 0 aliphatic heterocycles. The Bertz CT molecular complexity index is 1040. The van der Waals surface area contributed by atoms with Crippen LogP contribution in [-0.2, 0) is 6.54 Å². The Morgan fingerprint density at radius 2 is 1.96 bits per heavy atom. The van der Waals surface area contributed by atoms with Crippen molar-refractivity contribution in [2.75, 3.05) is 0 Å². The number of H-pyrrole nitrogens is 1. The summed E-state index contributed by atoms with van der Waals surface area (Å²) < 4.78 is 5.27. The number of furan rings is 1. The molecule has 0 saturated heterocycles. The zero-order valence-electron chi connectivity index (χ0n) is 13.7. The Hall–Kier alpha value is -2.63. The zero-order valence-corrected chi connectivity index (χ0v) is 15.2. The van der Waals surface area contributed by atoms with Crippen LogP contribution in [0.4, 0.5) is 0 Å². The minimum atomic E-state index is -0.188. The molecule has 0 aliphatic carbocycles. The summed E-state index contributed by atoms with van der Waals surface area (Å²) in [6.45, 7) is 0.331. The SMILES string of the molecule is O=C(NCc1ccco1)c1[nH]c2ccc(Cl)cc2c1Sc1ccccc1. The Labute approximate surface area is 159 Å². The largest absolute Gasteiger partial charge is 0.467 e. The minimum absolute atomic E-state index is 0.188. The summed E-state index contributed by atoms with van der Waals surface area (Å²) in [5, 5.41) is 4.45. The summed E-state index contributed by atoms with van der Waals surface area (Å²) in [4.78, 5) is 17.9. The molecule has 2 aromatic heterocycles. The van der Waals surface area contributed by atoms with E-state index in [1.165, 1.54) is 11.8 Å². The minimum Gasteiger partial charge on any atom is -0.467 e. The molecule has 4 rings (SSSR count). The van der Waals surface area contributed by atoms with Crippen molar-refractivity contribution in [3.05, 3.63) is 83.4 Å². The molecule has 0 atom stereocenters. The average molecular weight is 383 g/mol. The number of nitrogens with one attached hydrogen (secondary N) is 2. The first-order valence-corrected chi connectivity index (χ1v) is 9.25. The van der Waals surface area contributed by atoms with Gasteiger partial charge in [-0.15, -0.1) is 0 Å². The summed E-state index contributed by atoms with van der Waals surface area (Å²) in [6.07, 6.45) is 1.59. The van der Waals surface area contributed by atoms with Crippen molar-refractivity contribution in [1.29, 1.82) is 0 Å². The maximum absolute atomic E-state index is 12.8. The highest BCUT2D eigenvalue weighted by Crippen LogP contribution is 2.37. The van der Waals surface area contributed by atoms with Crippen molar-refractivity contribution in [3.63, 3.8) is 0 Å². The number of aromatic amines is 1. The summed E-state index contributed by atoms with van der Waals surface area (Å²) in [5.74, 6) is 0.516. The first kappa shape index (κ1) is 16.8. The van der Waals surface area contributed by atoms with Crippen molar-refractivity contribution >= 4 is 40.2 Å². The number of amides is 1. The van der Waals surface area contributed by atoms with Crippen LogP contribution < -0.4 is 5.32 Å². The van der Waals surface area contributed by atoms with Crippen LogP contribution in [0.3, 0.4) is 0 Å². The standard InChI is InChI=1S/C20H15ClN2O2S/c21-13-8-9-17-16(11-13)19(26-15-6-2-1-3-7-15)18(23-17)20(24)22-12-14-5-4-10-25-14/h1-11,23H,12H2,(H,22,24). The molecule has 0 aliphatic rings. The second-order valence-electron chi connectivity index (χ2n) is 5.70. The van der Waals surface area contributed by atoms with Gasteiger partial charge in [0, 0.05) is 20.8 Å². The predicted octanol–water partition coefficient (Wildman–Crippen LogP) is 5.50. The van der Waals surface area contributed by atoms with Gasteiger partial charge in [0.15, 0.2) is 0 Å². The molecule has 26 heavy (non-hydrogen) atoms. The van der Waals surface area contributed by atoms with Gasteiger partial charge < -0.3 is 14.7 Å². The van der Waals surface area contributed by atoms with Crippen LogP contribution >= 0.6 is 23.4 Å². The number of carbonyl (C=O) groups excluding carboxylic acids is 1. The molecule has 0 fully saturated rings. The number of benzene rings is 2. The topological polar surface area (TPSA) is 58.0 Å². The number of hydrogen-bond acceptors (Lipinski definition) is 3. The molecule has 2 N–H and O–H groups in total. The van der Waals surface area contributed by atoms with Crippen molar-refractivity contribution in [2.45, 2.75) is 16.3 Å². The van der Waals surface area contributed by atoms with E-state index in [1.807, 2.05) is 54.6 Å². The Balaban J connectivity index is 1.70. The molecule has 6 heteroatoms. The second-order valence-corrected chi connectivity index (χ2v) is 7.22. The zero-order chi connectivity index (χ0) is 17.9. The molecule has 0 spiro atoms. The van der Waals surface area contributed by atoms with Crippen LogP contribution in [0.15, 0.2) is 81.1 Å². The average Bonchev–Trinajstić information content (AvgIpc) is 3.29. The Morgan fingerprint density at radius 3 is 2.73 bits per heavy atom. The second kappa shape index (κ2) is 7.32. The molecule has 2 aromatic carbocycles. The lowest BCUT2D eigenvalue weighted by atomic mass is 10.2. The van der Waals surface area contributed by atoms with Crippen LogP contribution in [-0.4, -0.2) is 10.9 Å². The van der Waals surface area contributed by atoms with Crippen LogP contribution in [0.2, 0.25) is 5.02 Å². The van der Waals surface area contributed by atoms with E-state index in [4.69, 9.17) is 16.0 Å². The highest BCUT2D eigenvalue weighted by molar-refractivity contribution is 7.99. The summed E-state index contributed by atoms with van der Waals surface area (Å²) in [7, 11) is 0. The maximum Gasteiger partial charge on any atom is 0.269 e. The van der Waals surface area contributed by atoms with E-state index in [0.717, 1.165) is 20.7 Å². The molecule has 0 bridgehead atoms. The van der Waals surface area contributed by atoms with E-state index in [9.17, 15) is 4.79 Å². The van der Waals surface area contributed by atoms with Crippen LogP contribution in [0.5, 0.6) is 0 Å². The molecule has 0 saturated carbocycles. The van der Waals surface area contributed by atoms with E-state index in [0.29, 0.717) is 23.0 Å². The van der Waals surface area contributed by atoms with Gasteiger partial charge in [-0.1, -0.05) is 41.6 Å². The molecule has 0 unspecified atom stereocenters. The fourth-order valence-corrected chi connectivity index (χ4v) is 3.91. The van der Waals surface area contributed by atoms with Crippen LogP contribution in [0.25, 0.3) is 10.9 Å². The molecule has 4 aromatic rings. The Morgan fingerprint density at radius 1 is 1.12 bits per heavy atom. The molecular weight excluding hydrogens is 368 g/mol. The van der Waals surface area contributed by atoms with Gasteiger partial charge in [-0.3, -0.25) is 4.79 Å². The number of carbonyl (C=O) groups is 1. The lowest BCUT2D eigenvalue weighted by Crippen LogP contribution is -2.23. The van der Waals surface area contributed by atoms with Crippen molar-refractivity contribution in [1.82, 2.24) is 10.3 Å². The molecule has 130 valence electrons. The van der Waals surface area contributed by atoms with E-state index in [2.05, 4.69) is 10.3 Å². The molecule has 0 radical (unpaired) electrons. The molecule has 2 heterocycles. The number of fused-ring (bicyclic) bond motifs is 1. The third kappa shape index (κ3) is 3.49. The van der Waals surface area contributed by atoms with Gasteiger partial charge in [-0.05, 0) is 42.5 Å². The van der Waals surface area contributed by atoms with Crippen LogP contribution in [0.1, 0.15) is 16.2 Å². The number of rotatable bonds is 5. The van der Waals surface area contributed by atoms with Crippen molar-refractivity contribution in [2.24, 2.45) is 0 Å². The fourth-order valence-electron chi connectivity index (χ4n) is 2.68. The molecule has 1 amide bonds. The van der Waals surface area contributed by atoms with Gasteiger partial charge in [0.2, 0.25) is 0 Å². The number of hydrogen-bond donors (Lipinski definition) is 2. The fraction of sp³-hybridized carbons (Fsp3) is 0.0500. The number of aromatic nitrogens is 1. The van der Waals surface area contributed by atoms with E-state index in [1.54, 1.807) is 12.3 Å².